The number of ether oxygens (including phenoxy) is 1. The van der Waals surface area contributed by atoms with E-state index in [1.54, 1.807) is 19.1 Å². The van der Waals surface area contributed by atoms with Crippen LogP contribution in [0.15, 0.2) is 12.1 Å². The SMILES string of the molecule is COC(=O)c1cc(Cl)cc(NC(=O)C2(C)CCCC2)c1C. The van der Waals surface area contributed by atoms with Gasteiger partial charge in [-0.1, -0.05) is 31.4 Å². The first-order valence-corrected chi connectivity index (χ1v) is 7.45. The van der Waals surface area contributed by atoms with E-state index in [-0.39, 0.29) is 11.3 Å². The van der Waals surface area contributed by atoms with Gasteiger partial charge in [-0.05, 0) is 37.5 Å². The van der Waals surface area contributed by atoms with Crippen molar-refractivity contribution >= 4 is 29.2 Å². The van der Waals surface area contributed by atoms with Gasteiger partial charge in [0.2, 0.25) is 5.91 Å². The number of benzene rings is 1. The Morgan fingerprint density at radius 1 is 1.29 bits per heavy atom. The van der Waals surface area contributed by atoms with E-state index in [0.29, 0.717) is 21.8 Å². The van der Waals surface area contributed by atoms with Crippen molar-refractivity contribution in [3.05, 3.63) is 28.3 Å². The quantitative estimate of drug-likeness (QED) is 0.860. The topological polar surface area (TPSA) is 55.4 Å². The van der Waals surface area contributed by atoms with Crippen molar-refractivity contribution in [1.82, 2.24) is 0 Å². The molecule has 1 saturated carbocycles. The van der Waals surface area contributed by atoms with E-state index in [1.165, 1.54) is 7.11 Å². The summed E-state index contributed by atoms with van der Waals surface area (Å²) in [6.07, 6.45) is 3.93. The van der Waals surface area contributed by atoms with Crippen LogP contribution in [0.3, 0.4) is 0 Å². The Labute approximate surface area is 129 Å². The molecule has 0 spiro atoms. The summed E-state index contributed by atoms with van der Waals surface area (Å²) in [4.78, 5) is 24.2. The van der Waals surface area contributed by atoms with Crippen LogP contribution in [-0.2, 0) is 9.53 Å². The Bertz CT molecular complexity index is 577. The van der Waals surface area contributed by atoms with E-state index >= 15 is 0 Å². The van der Waals surface area contributed by atoms with E-state index < -0.39 is 5.97 Å². The molecule has 1 aliphatic rings. The van der Waals surface area contributed by atoms with Gasteiger partial charge in [-0.15, -0.1) is 0 Å². The Morgan fingerprint density at radius 3 is 2.48 bits per heavy atom. The molecule has 5 heteroatoms. The Hall–Kier alpha value is -1.55. The zero-order valence-corrected chi connectivity index (χ0v) is 13.3. The molecule has 0 aliphatic heterocycles. The maximum atomic E-state index is 12.5. The number of hydrogen-bond acceptors (Lipinski definition) is 3. The smallest absolute Gasteiger partial charge is 0.338 e. The standard InChI is InChI=1S/C16H20ClNO3/c1-10-12(14(19)21-3)8-11(17)9-13(10)18-15(20)16(2)6-4-5-7-16/h8-9H,4-7H2,1-3H3,(H,18,20). The number of methoxy groups -OCH3 is 1. The summed E-state index contributed by atoms with van der Waals surface area (Å²) in [5.41, 5.74) is 1.28. The second-order valence-electron chi connectivity index (χ2n) is 5.84. The van der Waals surface area contributed by atoms with Crippen LogP contribution in [0.25, 0.3) is 0 Å². The fourth-order valence-electron chi connectivity index (χ4n) is 2.79. The van der Waals surface area contributed by atoms with Crippen LogP contribution in [0.4, 0.5) is 5.69 Å². The van der Waals surface area contributed by atoms with Gasteiger partial charge < -0.3 is 10.1 Å². The first kappa shape index (κ1) is 15.8. The highest BCUT2D eigenvalue weighted by Crippen LogP contribution is 2.39. The van der Waals surface area contributed by atoms with Gasteiger partial charge in [0.05, 0.1) is 12.7 Å². The first-order valence-electron chi connectivity index (χ1n) is 7.07. The molecule has 1 N–H and O–H groups in total. The molecule has 0 heterocycles. The Morgan fingerprint density at radius 2 is 1.90 bits per heavy atom. The summed E-state index contributed by atoms with van der Waals surface area (Å²) < 4.78 is 4.74. The van der Waals surface area contributed by atoms with Crippen LogP contribution in [0.1, 0.15) is 48.5 Å². The fraction of sp³-hybridized carbons (Fsp3) is 0.500. The zero-order valence-electron chi connectivity index (χ0n) is 12.6. The van der Waals surface area contributed by atoms with E-state index in [1.807, 2.05) is 6.92 Å². The molecule has 0 saturated heterocycles. The number of amides is 1. The van der Waals surface area contributed by atoms with Crippen molar-refractivity contribution in [2.45, 2.75) is 39.5 Å². The molecule has 0 aromatic heterocycles. The zero-order chi connectivity index (χ0) is 15.6. The number of anilines is 1. The molecule has 0 bridgehead atoms. The number of rotatable bonds is 3. The third-order valence-corrected chi connectivity index (χ3v) is 4.50. The molecule has 2 rings (SSSR count). The highest BCUT2D eigenvalue weighted by Gasteiger charge is 2.36. The van der Waals surface area contributed by atoms with Crippen molar-refractivity contribution < 1.29 is 14.3 Å². The van der Waals surface area contributed by atoms with E-state index in [2.05, 4.69) is 5.32 Å². The number of hydrogen-bond donors (Lipinski definition) is 1. The molecule has 1 aromatic rings. The number of carbonyl (C=O) groups is 2. The van der Waals surface area contributed by atoms with Crippen molar-refractivity contribution in [1.29, 1.82) is 0 Å². The Balaban J connectivity index is 2.30. The van der Waals surface area contributed by atoms with Gasteiger partial charge in [-0.25, -0.2) is 4.79 Å². The van der Waals surface area contributed by atoms with Crippen molar-refractivity contribution in [3.63, 3.8) is 0 Å². The summed E-state index contributed by atoms with van der Waals surface area (Å²) in [5.74, 6) is -0.473. The third-order valence-electron chi connectivity index (χ3n) is 4.28. The lowest BCUT2D eigenvalue weighted by atomic mass is 9.87. The van der Waals surface area contributed by atoms with Crippen molar-refractivity contribution in [2.75, 3.05) is 12.4 Å². The van der Waals surface area contributed by atoms with Gasteiger partial charge in [0.25, 0.3) is 0 Å². The molecule has 0 atom stereocenters. The second kappa shape index (κ2) is 6.06. The van der Waals surface area contributed by atoms with Gasteiger partial charge in [-0.2, -0.15) is 0 Å². The third kappa shape index (κ3) is 3.21. The van der Waals surface area contributed by atoms with Crippen LogP contribution >= 0.6 is 11.6 Å². The summed E-state index contributed by atoms with van der Waals surface area (Å²) in [5, 5.41) is 3.32. The van der Waals surface area contributed by atoms with Gasteiger partial charge >= 0.3 is 5.97 Å². The second-order valence-corrected chi connectivity index (χ2v) is 6.28. The summed E-state index contributed by atoms with van der Waals surface area (Å²) in [6.45, 7) is 3.76. The lowest BCUT2D eigenvalue weighted by Crippen LogP contribution is -2.31. The normalized spacial score (nSPS) is 16.6. The summed E-state index contributed by atoms with van der Waals surface area (Å²) in [6, 6.07) is 3.22. The molecule has 0 radical (unpaired) electrons. The van der Waals surface area contributed by atoms with Gasteiger partial charge in [-0.3, -0.25) is 4.79 Å². The molecule has 4 nitrogen and oxygen atoms in total. The van der Waals surface area contributed by atoms with Crippen LogP contribution in [-0.4, -0.2) is 19.0 Å². The average Bonchev–Trinajstić information content (AvgIpc) is 2.89. The molecule has 1 aliphatic carbocycles. The van der Waals surface area contributed by atoms with E-state index in [0.717, 1.165) is 25.7 Å². The summed E-state index contributed by atoms with van der Waals surface area (Å²) in [7, 11) is 1.32. The molecule has 1 aromatic carbocycles. The minimum absolute atomic E-state index is 0.0128. The molecular formula is C16H20ClNO3. The monoisotopic (exact) mass is 309 g/mol. The number of esters is 1. The molecule has 1 amide bonds. The maximum absolute atomic E-state index is 12.5. The highest BCUT2D eigenvalue weighted by molar-refractivity contribution is 6.31. The molecule has 21 heavy (non-hydrogen) atoms. The summed E-state index contributed by atoms with van der Waals surface area (Å²) >= 11 is 6.04. The fourth-order valence-corrected chi connectivity index (χ4v) is 3.00. The average molecular weight is 310 g/mol. The molecule has 0 unspecified atom stereocenters. The van der Waals surface area contributed by atoms with Crippen LogP contribution < -0.4 is 5.32 Å². The predicted octanol–water partition coefficient (Wildman–Crippen LogP) is 3.95. The first-order chi connectivity index (χ1) is 9.87. The lowest BCUT2D eigenvalue weighted by Gasteiger charge is -2.23. The van der Waals surface area contributed by atoms with Crippen LogP contribution in [0, 0.1) is 12.3 Å². The number of nitrogens with one attached hydrogen (secondary N) is 1. The highest BCUT2D eigenvalue weighted by atomic mass is 35.5. The minimum atomic E-state index is -0.461. The van der Waals surface area contributed by atoms with Crippen molar-refractivity contribution in [2.24, 2.45) is 5.41 Å². The van der Waals surface area contributed by atoms with E-state index in [9.17, 15) is 9.59 Å². The molecular weight excluding hydrogens is 290 g/mol. The lowest BCUT2D eigenvalue weighted by molar-refractivity contribution is -0.124. The van der Waals surface area contributed by atoms with Crippen LogP contribution in [0.2, 0.25) is 5.02 Å². The molecule has 114 valence electrons. The predicted molar refractivity (Wildman–Crippen MR) is 82.7 cm³/mol. The maximum Gasteiger partial charge on any atom is 0.338 e. The van der Waals surface area contributed by atoms with Gasteiger partial charge in [0.1, 0.15) is 0 Å². The minimum Gasteiger partial charge on any atom is -0.465 e. The Kier molecular flexibility index (Phi) is 4.57. The van der Waals surface area contributed by atoms with Gasteiger partial charge in [0, 0.05) is 16.1 Å². The van der Waals surface area contributed by atoms with E-state index in [4.69, 9.17) is 16.3 Å². The number of carbonyl (C=O) groups excluding carboxylic acids is 2. The number of halogens is 1. The van der Waals surface area contributed by atoms with Crippen LogP contribution in [0.5, 0.6) is 0 Å². The largest absolute Gasteiger partial charge is 0.465 e. The van der Waals surface area contributed by atoms with Gasteiger partial charge in [0.15, 0.2) is 0 Å². The van der Waals surface area contributed by atoms with Crippen molar-refractivity contribution in [3.8, 4) is 0 Å². The molecule has 1 fully saturated rings.